The summed E-state index contributed by atoms with van der Waals surface area (Å²) in [5, 5.41) is 1.58. The molecule has 0 aromatic heterocycles. The van der Waals surface area contributed by atoms with Gasteiger partial charge in [0.1, 0.15) is 0 Å². The molecule has 2 aliphatic rings. The molecular formula is C15H19Cl2NO. The summed E-state index contributed by atoms with van der Waals surface area (Å²) in [5.41, 5.74) is 2.64. The molecule has 0 amide bonds. The van der Waals surface area contributed by atoms with Crippen molar-refractivity contribution in [2.75, 3.05) is 20.2 Å². The molecule has 1 saturated heterocycles. The van der Waals surface area contributed by atoms with Crippen molar-refractivity contribution >= 4 is 23.2 Å². The zero-order valence-corrected chi connectivity index (χ0v) is 12.7. The number of methoxy groups -OCH3 is 1. The lowest BCUT2D eigenvalue weighted by molar-refractivity contribution is 0.0270. The summed E-state index contributed by atoms with van der Waals surface area (Å²) in [6, 6.07) is 4.45. The topological polar surface area (TPSA) is 12.5 Å². The van der Waals surface area contributed by atoms with Crippen molar-refractivity contribution < 1.29 is 4.74 Å². The van der Waals surface area contributed by atoms with Gasteiger partial charge in [-0.3, -0.25) is 4.90 Å². The van der Waals surface area contributed by atoms with Crippen LogP contribution in [0.5, 0.6) is 0 Å². The number of halogens is 2. The molecule has 1 aliphatic carbocycles. The van der Waals surface area contributed by atoms with Gasteiger partial charge in [0.2, 0.25) is 0 Å². The van der Waals surface area contributed by atoms with Crippen LogP contribution in [0.3, 0.4) is 0 Å². The molecule has 0 N–H and O–H groups in total. The molecule has 1 unspecified atom stereocenters. The summed E-state index contributed by atoms with van der Waals surface area (Å²) < 4.78 is 5.44. The molecule has 0 saturated carbocycles. The average Bonchev–Trinajstić information content (AvgIpc) is 2.83. The third-order valence-corrected chi connectivity index (χ3v) is 5.03. The molecule has 1 atom stereocenters. The fraction of sp³-hybridized carbons (Fsp3) is 0.600. The van der Waals surface area contributed by atoms with Crippen LogP contribution in [-0.4, -0.2) is 31.2 Å². The number of hydrogen-bond donors (Lipinski definition) is 0. The summed E-state index contributed by atoms with van der Waals surface area (Å²) in [6.07, 6.45) is 4.90. The predicted octanol–water partition coefficient (Wildman–Crippen LogP) is 4.09. The average molecular weight is 300 g/mol. The van der Waals surface area contributed by atoms with E-state index in [1.165, 1.54) is 11.1 Å². The van der Waals surface area contributed by atoms with Crippen LogP contribution in [0.4, 0.5) is 0 Å². The third kappa shape index (κ3) is 2.64. The lowest BCUT2D eigenvalue weighted by atomic mass is 10.0. The van der Waals surface area contributed by atoms with Gasteiger partial charge in [-0.15, -0.1) is 0 Å². The zero-order valence-electron chi connectivity index (χ0n) is 11.2. The van der Waals surface area contributed by atoms with Crippen LogP contribution in [-0.2, 0) is 11.2 Å². The Labute approximate surface area is 124 Å². The second kappa shape index (κ2) is 5.61. The van der Waals surface area contributed by atoms with E-state index in [-0.39, 0.29) is 0 Å². The number of rotatable bonds is 2. The van der Waals surface area contributed by atoms with E-state index in [0.717, 1.165) is 48.8 Å². The molecule has 1 fully saturated rings. The van der Waals surface area contributed by atoms with Gasteiger partial charge in [-0.25, -0.2) is 0 Å². The standard InChI is InChI=1S/C15H19Cl2NO/c1-19-11-4-6-18(7-5-11)15-3-2-12-13(15)8-10(16)9-14(12)17/h8-9,11,15H,2-7H2,1H3. The van der Waals surface area contributed by atoms with Gasteiger partial charge < -0.3 is 4.74 Å². The Morgan fingerprint density at radius 3 is 2.58 bits per heavy atom. The van der Waals surface area contributed by atoms with Crippen LogP contribution in [0, 0.1) is 0 Å². The quantitative estimate of drug-likeness (QED) is 0.815. The highest BCUT2D eigenvalue weighted by Crippen LogP contribution is 2.41. The number of hydrogen-bond acceptors (Lipinski definition) is 2. The molecule has 4 heteroatoms. The fourth-order valence-corrected chi connectivity index (χ4v) is 4.03. The van der Waals surface area contributed by atoms with E-state index in [4.69, 9.17) is 27.9 Å². The molecule has 3 rings (SSSR count). The number of piperidine rings is 1. The van der Waals surface area contributed by atoms with Gasteiger partial charge >= 0.3 is 0 Å². The van der Waals surface area contributed by atoms with Crippen LogP contribution >= 0.6 is 23.2 Å². The van der Waals surface area contributed by atoms with E-state index in [2.05, 4.69) is 11.0 Å². The Bertz CT molecular complexity index is 469. The van der Waals surface area contributed by atoms with Crippen molar-refractivity contribution in [2.24, 2.45) is 0 Å². The van der Waals surface area contributed by atoms with Crippen molar-refractivity contribution in [3.8, 4) is 0 Å². The molecule has 2 nitrogen and oxygen atoms in total. The Morgan fingerprint density at radius 1 is 1.16 bits per heavy atom. The van der Waals surface area contributed by atoms with Crippen LogP contribution in [0.25, 0.3) is 0 Å². The first kappa shape index (κ1) is 13.7. The van der Waals surface area contributed by atoms with Crippen LogP contribution in [0.2, 0.25) is 10.0 Å². The summed E-state index contributed by atoms with van der Waals surface area (Å²) in [7, 11) is 1.81. The van der Waals surface area contributed by atoms with Crippen LogP contribution in [0.1, 0.15) is 36.4 Å². The lowest BCUT2D eigenvalue weighted by Gasteiger charge is -2.36. The molecule has 1 aliphatic heterocycles. The highest BCUT2D eigenvalue weighted by molar-refractivity contribution is 6.35. The van der Waals surface area contributed by atoms with Crippen molar-refractivity contribution in [1.29, 1.82) is 0 Å². The van der Waals surface area contributed by atoms with Gasteiger partial charge in [-0.2, -0.15) is 0 Å². The highest BCUT2D eigenvalue weighted by atomic mass is 35.5. The Kier molecular flexibility index (Phi) is 4.04. The number of nitrogens with zero attached hydrogens (tertiary/aromatic N) is 1. The second-order valence-electron chi connectivity index (χ2n) is 5.48. The number of ether oxygens (including phenoxy) is 1. The maximum atomic E-state index is 6.30. The molecule has 0 radical (unpaired) electrons. The summed E-state index contributed by atoms with van der Waals surface area (Å²) in [6.45, 7) is 2.21. The van der Waals surface area contributed by atoms with Gasteiger partial charge in [0.25, 0.3) is 0 Å². The first-order valence-electron chi connectivity index (χ1n) is 6.93. The lowest BCUT2D eigenvalue weighted by Crippen LogP contribution is -2.38. The second-order valence-corrected chi connectivity index (χ2v) is 6.32. The van der Waals surface area contributed by atoms with Gasteiger partial charge in [0, 0.05) is 36.3 Å². The summed E-state index contributed by atoms with van der Waals surface area (Å²) in [4.78, 5) is 2.56. The minimum atomic E-state index is 0.431. The number of fused-ring (bicyclic) bond motifs is 1. The van der Waals surface area contributed by atoms with Gasteiger partial charge in [-0.1, -0.05) is 23.2 Å². The predicted molar refractivity (Wildman–Crippen MR) is 79.1 cm³/mol. The summed E-state index contributed by atoms with van der Waals surface area (Å²) in [5.74, 6) is 0. The van der Waals surface area contributed by atoms with Crippen molar-refractivity contribution in [3.63, 3.8) is 0 Å². The first-order chi connectivity index (χ1) is 9.19. The highest BCUT2D eigenvalue weighted by Gasteiger charge is 2.32. The maximum Gasteiger partial charge on any atom is 0.0595 e. The SMILES string of the molecule is COC1CCN(C2CCc3c(Cl)cc(Cl)cc32)CC1. The minimum absolute atomic E-state index is 0.431. The van der Waals surface area contributed by atoms with Gasteiger partial charge in [-0.05, 0) is 48.9 Å². The first-order valence-corrected chi connectivity index (χ1v) is 7.69. The molecular weight excluding hydrogens is 281 g/mol. The van der Waals surface area contributed by atoms with E-state index in [0.29, 0.717) is 12.1 Å². The van der Waals surface area contributed by atoms with Crippen LogP contribution < -0.4 is 0 Å². The van der Waals surface area contributed by atoms with E-state index in [9.17, 15) is 0 Å². The molecule has 0 spiro atoms. The van der Waals surface area contributed by atoms with E-state index in [1.807, 2.05) is 13.2 Å². The molecule has 1 heterocycles. The van der Waals surface area contributed by atoms with E-state index in [1.54, 1.807) is 0 Å². The largest absolute Gasteiger partial charge is 0.381 e. The smallest absolute Gasteiger partial charge is 0.0595 e. The van der Waals surface area contributed by atoms with E-state index < -0.39 is 0 Å². The molecule has 104 valence electrons. The fourth-order valence-electron chi connectivity index (χ4n) is 3.42. The molecule has 19 heavy (non-hydrogen) atoms. The number of likely N-dealkylation sites (tertiary alicyclic amines) is 1. The van der Waals surface area contributed by atoms with Gasteiger partial charge in [0.05, 0.1) is 6.10 Å². The Morgan fingerprint density at radius 2 is 1.89 bits per heavy atom. The molecule has 0 bridgehead atoms. The maximum absolute atomic E-state index is 6.30. The monoisotopic (exact) mass is 299 g/mol. The number of benzene rings is 1. The van der Waals surface area contributed by atoms with Crippen molar-refractivity contribution in [1.82, 2.24) is 4.90 Å². The van der Waals surface area contributed by atoms with Crippen molar-refractivity contribution in [2.45, 2.75) is 37.8 Å². The van der Waals surface area contributed by atoms with Crippen molar-refractivity contribution in [3.05, 3.63) is 33.3 Å². The normalized spacial score (nSPS) is 24.7. The molecule has 1 aromatic rings. The third-order valence-electron chi connectivity index (χ3n) is 4.47. The molecule has 1 aromatic carbocycles. The Hall–Kier alpha value is -0.280. The van der Waals surface area contributed by atoms with E-state index >= 15 is 0 Å². The summed E-state index contributed by atoms with van der Waals surface area (Å²) >= 11 is 12.5. The minimum Gasteiger partial charge on any atom is -0.381 e. The van der Waals surface area contributed by atoms with Crippen LogP contribution in [0.15, 0.2) is 12.1 Å². The Balaban J connectivity index is 1.79. The van der Waals surface area contributed by atoms with Gasteiger partial charge in [0.15, 0.2) is 0 Å². The zero-order chi connectivity index (χ0) is 13.4.